The molecule has 0 atom stereocenters. The number of aromatic nitrogens is 2. The van der Waals surface area contributed by atoms with Crippen molar-refractivity contribution in [2.45, 2.75) is 13.3 Å². The first kappa shape index (κ1) is 22.4. The summed E-state index contributed by atoms with van der Waals surface area (Å²) in [6.45, 7) is 1.66. The fourth-order valence-electron chi connectivity index (χ4n) is 2.79. The summed E-state index contributed by atoms with van der Waals surface area (Å²) in [5.74, 6) is -1.05. The highest BCUT2D eigenvalue weighted by atomic mass is 32.2. The number of nitrogens with one attached hydrogen (secondary N) is 2. The zero-order chi connectivity index (χ0) is 22.6. The average Bonchev–Trinajstić information content (AvgIpc) is 3.41. The standard InChI is InChI=1S/C20H20N4O5S2/c1-3-13-4-5-14(8-16(13)11-25)17-12-30-20(22-17)23-18(26)9-21-19(27)15-6-7-24(10-15)31(2,28)29/h4-8,10-12H,3,9H2,1-2H3,(H,21,27)(H,22,23,26). The van der Waals surface area contributed by atoms with Gasteiger partial charge in [-0.1, -0.05) is 19.1 Å². The van der Waals surface area contributed by atoms with Crippen molar-refractivity contribution in [3.05, 3.63) is 58.7 Å². The van der Waals surface area contributed by atoms with Crippen LogP contribution < -0.4 is 10.6 Å². The maximum atomic E-state index is 12.1. The van der Waals surface area contributed by atoms with Crippen LogP contribution in [0.1, 0.15) is 33.2 Å². The minimum Gasteiger partial charge on any atom is -0.343 e. The van der Waals surface area contributed by atoms with Crippen LogP contribution in [0.4, 0.5) is 5.13 Å². The fraction of sp³-hybridized carbons (Fsp3) is 0.200. The van der Waals surface area contributed by atoms with Crippen molar-refractivity contribution in [3.8, 4) is 11.3 Å². The number of nitrogens with zero attached hydrogens (tertiary/aromatic N) is 2. The molecule has 0 radical (unpaired) electrons. The zero-order valence-corrected chi connectivity index (χ0v) is 18.4. The Hall–Kier alpha value is -3.31. The van der Waals surface area contributed by atoms with Gasteiger partial charge in [0.15, 0.2) is 5.13 Å². The van der Waals surface area contributed by atoms with Gasteiger partial charge in [0.05, 0.1) is 24.1 Å². The van der Waals surface area contributed by atoms with Gasteiger partial charge in [-0.3, -0.25) is 18.4 Å². The van der Waals surface area contributed by atoms with E-state index in [1.807, 2.05) is 19.1 Å². The van der Waals surface area contributed by atoms with E-state index < -0.39 is 21.8 Å². The Morgan fingerprint density at radius 1 is 1.26 bits per heavy atom. The summed E-state index contributed by atoms with van der Waals surface area (Å²) in [6.07, 6.45) is 5.00. The predicted molar refractivity (Wildman–Crippen MR) is 118 cm³/mol. The molecule has 2 N–H and O–H groups in total. The van der Waals surface area contributed by atoms with Gasteiger partial charge in [-0.2, -0.15) is 0 Å². The Bertz CT molecular complexity index is 1240. The van der Waals surface area contributed by atoms with E-state index in [0.717, 1.165) is 34.1 Å². The van der Waals surface area contributed by atoms with Crippen LogP contribution in [0.15, 0.2) is 42.0 Å². The zero-order valence-electron chi connectivity index (χ0n) is 16.8. The summed E-state index contributed by atoms with van der Waals surface area (Å²) in [7, 11) is -3.49. The molecule has 0 saturated heterocycles. The smallest absolute Gasteiger partial charge is 0.253 e. The van der Waals surface area contributed by atoms with Crippen LogP contribution in [0.3, 0.4) is 0 Å². The number of benzene rings is 1. The number of anilines is 1. The Morgan fingerprint density at radius 3 is 2.68 bits per heavy atom. The average molecular weight is 461 g/mol. The molecule has 3 rings (SSSR count). The molecular formula is C20H20N4O5S2. The molecule has 31 heavy (non-hydrogen) atoms. The van der Waals surface area contributed by atoms with Gasteiger partial charge in [-0.15, -0.1) is 11.3 Å². The number of hydrogen-bond donors (Lipinski definition) is 2. The molecule has 0 bridgehead atoms. The molecule has 3 aromatic rings. The van der Waals surface area contributed by atoms with Crippen LogP contribution in [-0.2, 0) is 21.2 Å². The molecule has 11 heteroatoms. The molecule has 0 aliphatic carbocycles. The maximum Gasteiger partial charge on any atom is 0.253 e. The van der Waals surface area contributed by atoms with Crippen LogP contribution in [0.2, 0.25) is 0 Å². The van der Waals surface area contributed by atoms with E-state index in [1.54, 1.807) is 11.4 Å². The monoisotopic (exact) mass is 460 g/mol. The largest absolute Gasteiger partial charge is 0.343 e. The van der Waals surface area contributed by atoms with Gasteiger partial charge >= 0.3 is 0 Å². The molecule has 1 aromatic carbocycles. The Morgan fingerprint density at radius 2 is 2.03 bits per heavy atom. The summed E-state index contributed by atoms with van der Waals surface area (Å²) < 4.78 is 23.8. The van der Waals surface area contributed by atoms with Crippen molar-refractivity contribution < 1.29 is 22.8 Å². The number of amides is 2. The van der Waals surface area contributed by atoms with Crippen molar-refractivity contribution in [2.75, 3.05) is 18.1 Å². The van der Waals surface area contributed by atoms with Crippen LogP contribution in [0, 0.1) is 0 Å². The maximum absolute atomic E-state index is 12.1. The van der Waals surface area contributed by atoms with Crippen LogP contribution in [0.5, 0.6) is 0 Å². The third kappa shape index (κ3) is 5.44. The van der Waals surface area contributed by atoms with E-state index in [0.29, 0.717) is 16.4 Å². The molecule has 2 heterocycles. The van der Waals surface area contributed by atoms with Gasteiger partial charge in [0, 0.05) is 28.9 Å². The third-order valence-electron chi connectivity index (χ3n) is 4.42. The lowest BCUT2D eigenvalue weighted by atomic mass is 10.0. The van der Waals surface area contributed by atoms with Gasteiger partial charge < -0.3 is 10.6 Å². The number of rotatable bonds is 8. The summed E-state index contributed by atoms with van der Waals surface area (Å²) in [5, 5.41) is 7.14. The predicted octanol–water partition coefficient (Wildman–Crippen LogP) is 2.16. The minimum absolute atomic E-state index is 0.122. The topological polar surface area (TPSA) is 127 Å². The number of thiazole rings is 1. The van der Waals surface area contributed by atoms with Crippen molar-refractivity contribution >= 4 is 44.6 Å². The summed E-state index contributed by atoms with van der Waals surface area (Å²) >= 11 is 1.22. The molecule has 0 spiro atoms. The van der Waals surface area contributed by atoms with Gasteiger partial charge in [0.25, 0.3) is 5.91 Å². The Labute approximate surface area is 183 Å². The molecule has 162 valence electrons. The van der Waals surface area contributed by atoms with E-state index in [4.69, 9.17) is 0 Å². The van der Waals surface area contributed by atoms with Gasteiger partial charge in [0.1, 0.15) is 6.29 Å². The SMILES string of the molecule is CCc1ccc(-c2csc(NC(=O)CNC(=O)c3ccn(S(C)(=O)=O)c3)n2)cc1C=O. The number of aryl methyl sites for hydroxylation is 1. The third-order valence-corrected chi connectivity index (χ3v) is 6.17. The fourth-order valence-corrected chi connectivity index (χ4v) is 4.12. The van der Waals surface area contributed by atoms with Gasteiger partial charge in [0.2, 0.25) is 15.9 Å². The number of hydrogen-bond acceptors (Lipinski definition) is 7. The van der Waals surface area contributed by atoms with E-state index in [2.05, 4.69) is 15.6 Å². The van der Waals surface area contributed by atoms with Crippen LogP contribution in [0.25, 0.3) is 11.3 Å². The summed E-state index contributed by atoms with van der Waals surface area (Å²) in [5.41, 5.74) is 3.06. The van der Waals surface area contributed by atoms with Crippen molar-refractivity contribution in [1.29, 1.82) is 0 Å². The highest BCUT2D eigenvalue weighted by molar-refractivity contribution is 7.89. The molecule has 2 amide bonds. The second-order valence-electron chi connectivity index (χ2n) is 6.65. The first-order chi connectivity index (χ1) is 14.7. The highest BCUT2D eigenvalue weighted by Crippen LogP contribution is 2.26. The van der Waals surface area contributed by atoms with Crippen LogP contribution in [-0.4, -0.2) is 48.3 Å². The number of carbonyl (C=O) groups is 3. The second-order valence-corrected chi connectivity index (χ2v) is 9.39. The lowest BCUT2D eigenvalue weighted by molar-refractivity contribution is -0.115. The molecule has 0 saturated carbocycles. The second kappa shape index (κ2) is 9.23. The Balaban J connectivity index is 1.59. The van der Waals surface area contributed by atoms with E-state index in [-0.39, 0.29) is 12.1 Å². The molecule has 0 fully saturated rings. The molecule has 0 aliphatic heterocycles. The van der Waals surface area contributed by atoms with E-state index in [9.17, 15) is 22.8 Å². The minimum atomic E-state index is -3.49. The number of aldehydes is 1. The summed E-state index contributed by atoms with van der Waals surface area (Å²) in [6, 6.07) is 6.85. The molecule has 0 aliphatic rings. The lowest BCUT2D eigenvalue weighted by Crippen LogP contribution is -2.32. The molecule has 2 aromatic heterocycles. The lowest BCUT2D eigenvalue weighted by Gasteiger charge is -2.05. The van der Waals surface area contributed by atoms with Crippen molar-refractivity contribution in [1.82, 2.24) is 14.3 Å². The van der Waals surface area contributed by atoms with Crippen molar-refractivity contribution in [2.24, 2.45) is 0 Å². The highest BCUT2D eigenvalue weighted by Gasteiger charge is 2.14. The summed E-state index contributed by atoms with van der Waals surface area (Å²) in [4.78, 5) is 39.9. The van der Waals surface area contributed by atoms with Gasteiger partial charge in [-0.05, 0) is 24.1 Å². The number of carbonyl (C=O) groups excluding carboxylic acids is 3. The van der Waals surface area contributed by atoms with Gasteiger partial charge in [-0.25, -0.2) is 13.4 Å². The molecule has 0 unspecified atom stereocenters. The quantitative estimate of drug-likeness (QED) is 0.496. The molecule has 9 nitrogen and oxygen atoms in total. The first-order valence-electron chi connectivity index (χ1n) is 9.22. The van der Waals surface area contributed by atoms with Crippen LogP contribution >= 0.6 is 11.3 Å². The van der Waals surface area contributed by atoms with E-state index >= 15 is 0 Å². The van der Waals surface area contributed by atoms with Crippen molar-refractivity contribution in [3.63, 3.8) is 0 Å². The first-order valence-corrected chi connectivity index (χ1v) is 11.9. The molecular weight excluding hydrogens is 440 g/mol. The van der Waals surface area contributed by atoms with E-state index in [1.165, 1.54) is 29.8 Å². The Kier molecular flexibility index (Phi) is 6.66. The normalized spacial score (nSPS) is 11.2.